The lowest BCUT2D eigenvalue weighted by molar-refractivity contribution is 0.977. The van der Waals surface area contributed by atoms with Gasteiger partial charge in [-0.2, -0.15) is 0 Å². The van der Waals surface area contributed by atoms with Gasteiger partial charge in [0.2, 0.25) is 0 Å². The van der Waals surface area contributed by atoms with E-state index >= 15 is 0 Å². The summed E-state index contributed by atoms with van der Waals surface area (Å²) in [7, 11) is -1.79. The van der Waals surface area contributed by atoms with Crippen LogP contribution in [0.1, 0.15) is 11.3 Å². The van der Waals surface area contributed by atoms with E-state index in [0.29, 0.717) is 0 Å². The first-order valence-electron chi connectivity index (χ1n) is 9.06. The number of aryl methyl sites for hydroxylation is 1. The summed E-state index contributed by atoms with van der Waals surface area (Å²) in [5.74, 6) is 0. The molecule has 1 aliphatic rings. The lowest BCUT2D eigenvalue weighted by atomic mass is 10.1. The van der Waals surface area contributed by atoms with Crippen molar-refractivity contribution >= 4 is 29.4 Å². The molecule has 1 aromatic heterocycles. The Morgan fingerprint density at radius 1 is 0.680 bits per heavy atom. The molecule has 0 spiro atoms. The van der Waals surface area contributed by atoms with Crippen LogP contribution in [0.5, 0.6) is 0 Å². The molecule has 4 aromatic rings. The molecule has 3 aromatic carbocycles. The van der Waals surface area contributed by atoms with E-state index in [1.54, 1.807) is 15.9 Å². The predicted molar refractivity (Wildman–Crippen MR) is 108 cm³/mol. The Balaban J connectivity index is 1.73. The minimum Gasteiger partial charge on any atom is -0.358 e. The topological polar surface area (TPSA) is 15.8 Å². The summed E-state index contributed by atoms with van der Waals surface area (Å²) < 4.78 is 0. The molecule has 0 saturated heterocycles. The molecular formula is C23H21NSi. The molecular weight excluding hydrogens is 318 g/mol. The Bertz CT molecular complexity index is 978. The molecule has 0 atom stereocenters. The molecule has 0 unspecified atom stereocenters. The van der Waals surface area contributed by atoms with Crippen molar-refractivity contribution in [3.8, 4) is 0 Å². The third-order valence-electron chi connectivity index (χ3n) is 5.84. The number of nitrogens with one attached hydrogen (secondary N) is 1. The third kappa shape index (κ3) is 2.29. The zero-order valence-corrected chi connectivity index (χ0v) is 15.2. The van der Waals surface area contributed by atoms with Crippen molar-refractivity contribution in [3.63, 3.8) is 0 Å². The summed E-state index contributed by atoms with van der Waals surface area (Å²) in [5, 5.41) is 4.55. The Kier molecular flexibility index (Phi) is 3.39. The fraction of sp³-hybridized carbons (Fsp3) is 0.130. The van der Waals surface area contributed by atoms with Gasteiger partial charge in [-0.3, -0.25) is 0 Å². The second-order valence-electron chi connectivity index (χ2n) is 7.12. The second kappa shape index (κ2) is 5.75. The number of aromatic amines is 1. The molecule has 2 heterocycles. The molecule has 0 radical (unpaired) electrons. The van der Waals surface area contributed by atoms with Crippen LogP contribution in [-0.2, 0) is 12.5 Å². The van der Waals surface area contributed by atoms with Crippen molar-refractivity contribution in [2.75, 3.05) is 0 Å². The fourth-order valence-electron chi connectivity index (χ4n) is 4.57. The van der Waals surface area contributed by atoms with E-state index in [1.165, 1.54) is 28.7 Å². The van der Waals surface area contributed by atoms with Gasteiger partial charge in [0.25, 0.3) is 0 Å². The van der Waals surface area contributed by atoms with E-state index in [-0.39, 0.29) is 0 Å². The number of fused-ring (bicyclic) bond motifs is 3. The molecule has 1 N–H and O–H groups in total. The lowest BCUT2D eigenvalue weighted by Gasteiger charge is -2.36. The van der Waals surface area contributed by atoms with Crippen LogP contribution in [0.3, 0.4) is 0 Å². The normalized spacial score (nSPS) is 15.8. The van der Waals surface area contributed by atoms with Crippen molar-refractivity contribution < 1.29 is 0 Å². The molecule has 0 amide bonds. The maximum atomic E-state index is 3.68. The number of rotatable bonds is 2. The molecule has 25 heavy (non-hydrogen) atoms. The Morgan fingerprint density at radius 2 is 1.28 bits per heavy atom. The van der Waals surface area contributed by atoms with Gasteiger partial charge in [-0.25, -0.2) is 0 Å². The predicted octanol–water partition coefficient (Wildman–Crippen LogP) is 4.07. The highest BCUT2D eigenvalue weighted by atomic mass is 28.3. The smallest absolute Gasteiger partial charge is 0.122 e. The molecule has 122 valence electrons. The van der Waals surface area contributed by atoms with Gasteiger partial charge in [0.15, 0.2) is 0 Å². The van der Waals surface area contributed by atoms with Gasteiger partial charge in [-0.15, -0.1) is 0 Å². The van der Waals surface area contributed by atoms with Crippen LogP contribution in [0, 0.1) is 0 Å². The minimum atomic E-state index is -1.79. The van der Waals surface area contributed by atoms with Crippen LogP contribution in [-0.4, -0.2) is 13.1 Å². The Morgan fingerprint density at radius 3 is 1.96 bits per heavy atom. The van der Waals surface area contributed by atoms with Crippen molar-refractivity contribution in [1.82, 2.24) is 4.98 Å². The first-order chi connectivity index (χ1) is 12.4. The van der Waals surface area contributed by atoms with Crippen LogP contribution >= 0.6 is 0 Å². The molecule has 0 aliphatic carbocycles. The van der Waals surface area contributed by atoms with Crippen LogP contribution in [0.15, 0.2) is 84.9 Å². The van der Waals surface area contributed by atoms with Gasteiger partial charge in [-0.1, -0.05) is 89.2 Å². The van der Waals surface area contributed by atoms with Crippen molar-refractivity contribution in [2.45, 2.75) is 18.5 Å². The van der Waals surface area contributed by atoms with Gasteiger partial charge in [0, 0.05) is 16.6 Å². The first-order valence-corrected chi connectivity index (χ1v) is 11.5. The molecule has 1 aliphatic heterocycles. The van der Waals surface area contributed by atoms with E-state index in [9.17, 15) is 0 Å². The molecule has 5 rings (SSSR count). The largest absolute Gasteiger partial charge is 0.358 e. The highest BCUT2D eigenvalue weighted by Crippen LogP contribution is 2.33. The number of H-pyrrole nitrogens is 1. The number of hydrogen-bond donors (Lipinski definition) is 1. The highest BCUT2D eigenvalue weighted by molar-refractivity contribution is 7.02. The summed E-state index contributed by atoms with van der Waals surface area (Å²) in [6, 6.07) is 33.8. The van der Waals surface area contributed by atoms with Gasteiger partial charge in [0.05, 0.1) is 0 Å². The van der Waals surface area contributed by atoms with Gasteiger partial charge in [0.1, 0.15) is 8.07 Å². The summed E-state index contributed by atoms with van der Waals surface area (Å²) in [4.78, 5) is 3.68. The number of benzene rings is 3. The fourth-order valence-corrected chi connectivity index (χ4v) is 9.41. The standard InChI is InChI=1S/C23H21NSi/c1-3-9-18(10-4-1)25(19-11-5-2-6-12-19)16-15-23-21(17-25)20-13-7-8-14-22(20)24-23/h1-14,24H,15-17H2. The minimum absolute atomic E-state index is 1.15. The monoisotopic (exact) mass is 339 g/mol. The average Bonchev–Trinajstić information content (AvgIpc) is 3.07. The van der Waals surface area contributed by atoms with E-state index in [1.807, 2.05) is 0 Å². The van der Waals surface area contributed by atoms with E-state index in [4.69, 9.17) is 0 Å². The summed E-state index contributed by atoms with van der Waals surface area (Å²) in [5.41, 5.74) is 4.30. The van der Waals surface area contributed by atoms with Crippen molar-refractivity contribution in [2.24, 2.45) is 0 Å². The molecule has 0 fully saturated rings. The van der Waals surface area contributed by atoms with E-state index in [0.717, 1.165) is 6.42 Å². The second-order valence-corrected chi connectivity index (χ2v) is 11.3. The number of para-hydroxylation sites is 1. The summed E-state index contributed by atoms with van der Waals surface area (Å²) in [6.45, 7) is 0. The number of hydrogen-bond acceptors (Lipinski definition) is 0. The molecule has 0 saturated carbocycles. The average molecular weight is 340 g/mol. The van der Waals surface area contributed by atoms with Crippen molar-refractivity contribution in [3.05, 3.63) is 96.2 Å². The lowest BCUT2D eigenvalue weighted by Crippen LogP contribution is -2.61. The van der Waals surface area contributed by atoms with E-state index < -0.39 is 8.07 Å². The van der Waals surface area contributed by atoms with E-state index in [2.05, 4.69) is 89.9 Å². The van der Waals surface area contributed by atoms with Crippen molar-refractivity contribution in [1.29, 1.82) is 0 Å². The quantitative estimate of drug-likeness (QED) is 0.530. The van der Waals surface area contributed by atoms with Crippen LogP contribution in [0.4, 0.5) is 0 Å². The Labute approximate surface area is 149 Å². The third-order valence-corrected chi connectivity index (χ3v) is 10.8. The molecule has 0 bridgehead atoms. The van der Waals surface area contributed by atoms with Gasteiger partial charge in [-0.05, 0) is 30.1 Å². The summed E-state index contributed by atoms with van der Waals surface area (Å²) >= 11 is 0. The molecule has 1 nitrogen and oxygen atoms in total. The Hall–Kier alpha value is -2.58. The van der Waals surface area contributed by atoms with Gasteiger partial charge >= 0.3 is 0 Å². The highest BCUT2D eigenvalue weighted by Gasteiger charge is 2.41. The number of aromatic nitrogens is 1. The van der Waals surface area contributed by atoms with Crippen LogP contribution in [0.25, 0.3) is 10.9 Å². The summed E-state index contributed by atoms with van der Waals surface area (Å²) in [6.07, 6.45) is 1.15. The molecule has 2 heteroatoms. The first kappa shape index (κ1) is 14.7. The maximum Gasteiger partial charge on any atom is 0.122 e. The van der Waals surface area contributed by atoms with Gasteiger partial charge < -0.3 is 4.98 Å². The maximum absolute atomic E-state index is 3.68. The SMILES string of the molecule is c1ccc([Si]2(c3ccccc3)CCc3[nH]c4ccccc4c3C2)cc1. The zero-order valence-electron chi connectivity index (χ0n) is 14.2. The zero-order chi connectivity index (χ0) is 16.7. The van der Waals surface area contributed by atoms with Crippen LogP contribution < -0.4 is 10.4 Å². The van der Waals surface area contributed by atoms with Crippen LogP contribution in [0.2, 0.25) is 6.04 Å².